The van der Waals surface area contributed by atoms with Gasteiger partial charge in [0, 0.05) is 0 Å². The van der Waals surface area contributed by atoms with Crippen molar-refractivity contribution in [2.75, 3.05) is 0 Å². The Morgan fingerprint density at radius 1 is 1.19 bits per heavy atom. The van der Waals surface area contributed by atoms with E-state index in [-0.39, 0.29) is 23.7 Å². The van der Waals surface area contributed by atoms with Gasteiger partial charge in [-0.1, -0.05) is 23.8 Å². The number of rotatable bonds is 2. The van der Waals surface area contributed by atoms with Gasteiger partial charge in [-0.15, -0.1) is 0 Å². The van der Waals surface area contributed by atoms with Gasteiger partial charge in [0.25, 0.3) is 5.91 Å². The maximum absolute atomic E-state index is 12.5. The zero-order chi connectivity index (χ0) is 15.1. The smallest absolute Gasteiger partial charge is 0.252 e. The summed E-state index contributed by atoms with van der Waals surface area (Å²) >= 11 is 0. The number of guanidine groups is 1. The van der Waals surface area contributed by atoms with Gasteiger partial charge in [-0.25, -0.2) is 0 Å². The lowest BCUT2D eigenvalue weighted by Gasteiger charge is -2.30. The first kappa shape index (κ1) is 14.1. The Hall–Kier alpha value is -1.84. The average molecular weight is 285 g/mol. The second-order valence-electron chi connectivity index (χ2n) is 6.62. The Kier molecular flexibility index (Phi) is 3.47. The Labute approximate surface area is 125 Å². The fraction of sp³-hybridized carbons (Fsp3) is 0.529. The quantitative estimate of drug-likeness (QED) is 0.646. The highest BCUT2D eigenvalue weighted by atomic mass is 16.1. The molecule has 0 aromatic heterocycles. The van der Waals surface area contributed by atoms with Gasteiger partial charge in [-0.05, 0) is 62.0 Å². The number of hydrogen-bond acceptors (Lipinski definition) is 1. The summed E-state index contributed by atoms with van der Waals surface area (Å²) in [7, 11) is 0. The fourth-order valence-corrected chi connectivity index (χ4v) is 4.41. The first-order valence-corrected chi connectivity index (χ1v) is 7.68. The summed E-state index contributed by atoms with van der Waals surface area (Å²) in [5.41, 5.74) is 14.6. The second kappa shape index (κ2) is 5.17. The van der Waals surface area contributed by atoms with Gasteiger partial charge in [0.2, 0.25) is 0 Å². The third-order valence-electron chi connectivity index (χ3n) is 5.23. The molecule has 0 heterocycles. The Bertz CT molecular complexity index is 604. The van der Waals surface area contributed by atoms with Gasteiger partial charge in [0.15, 0.2) is 5.96 Å². The number of nitrogens with two attached hydrogens (primary N) is 2. The van der Waals surface area contributed by atoms with Crippen molar-refractivity contribution in [3.05, 3.63) is 34.9 Å². The molecule has 1 aromatic rings. The van der Waals surface area contributed by atoms with Crippen molar-refractivity contribution >= 4 is 11.9 Å². The molecule has 112 valence electrons. The Balaban J connectivity index is 2.00. The summed E-state index contributed by atoms with van der Waals surface area (Å²) in [6.07, 6.45) is 3.48. The van der Waals surface area contributed by atoms with Crippen molar-refractivity contribution in [3.8, 4) is 0 Å². The van der Waals surface area contributed by atoms with Crippen LogP contribution in [0, 0.1) is 31.6 Å². The topological polar surface area (TPSA) is 81.5 Å². The van der Waals surface area contributed by atoms with Gasteiger partial charge in [0.1, 0.15) is 0 Å². The number of fused-ring (bicyclic) bond motifs is 2. The lowest BCUT2D eigenvalue weighted by molar-refractivity contribution is -0.123. The minimum atomic E-state index is -0.131. The van der Waals surface area contributed by atoms with Gasteiger partial charge in [0.05, 0.1) is 5.92 Å². The number of hydrogen-bond donors (Lipinski definition) is 2. The highest BCUT2D eigenvalue weighted by Gasteiger charge is 2.51. The summed E-state index contributed by atoms with van der Waals surface area (Å²) in [5, 5.41) is 0. The molecule has 2 unspecified atom stereocenters. The molecule has 0 spiro atoms. The van der Waals surface area contributed by atoms with E-state index in [1.807, 2.05) is 0 Å². The number of aryl methyl sites for hydroxylation is 2. The number of carbonyl (C=O) groups excluding carboxylic acids is 1. The van der Waals surface area contributed by atoms with Gasteiger partial charge >= 0.3 is 0 Å². The number of amides is 1. The third kappa shape index (κ3) is 2.43. The standard InChI is InChI=1S/C17H23N3O/c1-9-3-4-10(2)13(7-9)14-11-5-6-12(8-11)15(14)16(21)20-17(18)19/h3-4,7,11-12,14-15H,5-6,8H2,1-2H3,(H4,18,19,20,21)/t11?,12?,14-,15+/m1/s1. The van der Waals surface area contributed by atoms with Crippen molar-refractivity contribution < 1.29 is 4.79 Å². The first-order valence-electron chi connectivity index (χ1n) is 7.68. The van der Waals surface area contributed by atoms with E-state index in [1.165, 1.54) is 23.1 Å². The average Bonchev–Trinajstić information content (AvgIpc) is 3.01. The van der Waals surface area contributed by atoms with Crippen LogP contribution in [0.3, 0.4) is 0 Å². The molecule has 2 aliphatic rings. The molecule has 4 heteroatoms. The van der Waals surface area contributed by atoms with Crippen molar-refractivity contribution in [3.63, 3.8) is 0 Å². The van der Waals surface area contributed by atoms with Crippen molar-refractivity contribution in [1.82, 2.24) is 0 Å². The maximum atomic E-state index is 12.5. The zero-order valence-electron chi connectivity index (χ0n) is 12.7. The molecule has 2 fully saturated rings. The monoisotopic (exact) mass is 285 g/mol. The molecular formula is C17H23N3O. The first-order chi connectivity index (χ1) is 9.97. The molecule has 3 rings (SSSR count). The molecule has 4 nitrogen and oxygen atoms in total. The SMILES string of the molecule is Cc1ccc(C)c([C@H]2C3CCC(C3)[C@@H]2C(=O)N=C(N)N)c1. The van der Waals surface area contributed by atoms with E-state index in [2.05, 4.69) is 37.0 Å². The molecule has 0 aliphatic heterocycles. The molecule has 4 N–H and O–H groups in total. The normalized spacial score (nSPS) is 30.4. The van der Waals surface area contributed by atoms with Crippen LogP contribution < -0.4 is 11.5 Å². The van der Waals surface area contributed by atoms with E-state index in [1.54, 1.807) is 0 Å². The zero-order valence-corrected chi connectivity index (χ0v) is 12.7. The molecular weight excluding hydrogens is 262 g/mol. The number of benzene rings is 1. The molecule has 0 saturated heterocycles. The molecule has 4 atom stereocenters. The summed E-state index contributed by atoms with van der Waals surface area (Å²) in [5.74, 6) is 1.01. The molecule has 1 aromatic carbocycles. The molecule has 2 bridgehead atoms. The van der Waals surface area contributed by atoms with Crippen LogP contribution >= 0.6 is 0 Å². The third-order valence-corrected chi connectivity index (χ3v) is 5.23. The van der Waals surface area contributed by atoms with Crippen LogP contribution in [0.4, 0.5) is 0 Å². The molecule has 1 amide bonds. The maximum Gasteiger partial charge on any atom is 0.252 e. The molecule has 0 radical (unpaired) electrons. The van der Waals surface area contributed by atoms with E-state index < -0.39 is 0 Å². The van der Waals surface area contributed by atoms with Crippen LogP contribution in [-0.2, 0) is 4.79 Å². The summed E-state index contributed by atoms with van der Waals surface area (Å²) < 4.78 is 0. The van der Waals surface area contributed by atoms with Crippen molar-refractivity contribution in [2.45, 2.75) is 39.0 Å². The van der Waals surface area contributed by atoms with Gasteiger partial charge < -0.3 is 11.5 Å². The van der Waals surface area contributed by atoms with Crippen molar-refractivity contribution in [1.29, 1.82) is 0 Å². The number of carbonyl (C=O) groups is 1. The van der Waals surface area contributed by atoms with E-state index in [0.29, 0.717) is 11.8 Å². The van der Waals surface area contributed by atoms with E-state index in [9.17, 15) is 4.79 Å². The summed E-state index contributed by atoms with van der Waals surface area (Å²) in [4.78, 5) is 16.3. The van der Waals surface area contributed by atoms with Crippen LogP contribution in [0.25, 0.3) is 0 Å². The highest BCUT2D eigenvalue weighted by molar-refractivity contribution is 5.93. The van der Waals surface area contributed by atoms with Crippen molar-refractivity contribution in [2.24, 2.45) is 34.2 Å². The highest BCUT2D eigenvalue weighted by Crippen LogP contribution is 2.57. The Morgan fingerprint density at radius 3 is 2.62 bits per heavy atom. The fourth-order valence-electron chi connectivity index (χ4n) is 4.41. The van der Waals surface area contributed by atoms with Gasteiger partial charge in [-0.3, -0.25) is 4.79 Å². The van der Waals surface area contributed by atoms with Crippen LogP contribution in [0.2, 0.25) is 0 Å². The largest absolute Gasteiger partial charge is 0.370 e. The molecule has 21 heavy (non-hydrogen) atoms. The lowest BCUT2D eigenvalue weighted by Crippen LogP contribution is -2.31. The van der Waals surface area contributed by atoms with Crippen LogP contribution in [0.5, 0.6) is 0 Å². The minimum Gasteiger partial charge on any atom is -0.370 e. The molecule has 2 saturated carbocycles. The van der Waals surface area contributed by atoms with E-state index in [4.69, 9.17) is 11.5 Å². The summed E-state index contributed by atoms with van der Waals surface area (Å²) in [6, 6.07) is 6.51. The van der Waals surface area contributed by atoms with E-state index in [0.717, 1.165) is 12.8 Å². The summed E-state index contributed by atoms with van der Waals surface area (Å²) in [6.45, 7) is 4.23. The van der Waals surface area contributed by atoms with Crippen LogP contribution in [0.15, 0.2) is 23.2 Å². The predicted octanol–water partition coefficient (Wildman–Crippen LogP) is 2.23. The van der Waals surface area contributed by atoms with E-state index >= 15 is 0 Å². The second-order valence-corrected chi connectivity index (χ2v) is 6.62. The predicted molar refractivity (Wildman–Crippen MR) is 83.8 cm³/mol. The Morgan fingerprint density at radius 2 is 1.90 bits per heavy atom. The number of aliphatic imine (C=N–C) groups is 1. The van der Waals surface area contributed by atoms with Crippen LogP contribution in [-0.4, -0.2) is 11.9 Å². The molecule has 2 aliphatic carbocycles. The minimum absolute atomic E-state index is 0.0497. The van der Waals surface area contributed by atoms with Gasteiger partial charge in [-0.2, -0.15) is 4.99 Å². The number of nitrogens with zero attached hydrogens (tertiary/aromatic N) is 1. The van der Waals surface area contributed by atoms with Crippen LogP contribution in [0.1, 0.15) is 41.9 Å². The lowest BCUT2D eigenvalue weighted by atomic mass is 9.73.